The van der Waals surface area contributed by atoms with Crippen molar-refractivity contribution in [2.45, 2.75) is 0 Å². The summed E-state index contributed by atoms with van der Waals surface area (Å²) in [4.78, 5) is 0. The predicted molar refractivity (Wildman–Crippen MR) is 70.6 cm³/mol. The molecule has 0 aliphatic rings. The molecule has 0 unspecified atom stereocenters. The Bertz CT molecular complexity index is 472. The van der Waals surface area contributed by atoms with E-state index in [0.29, 0.717) is 0 Å². The SMILES string of the molecule is [CH2]c1ccccc1[N+](C)(C)c1ccccc1. The summed E-state index contributed by atoms with van der Waals surface area (Å²) in [5.74, 6) is 0. The highest BCUT2D eigenvalue weighted by Gasteiger charge is 2.23. The Balaban J connectivity index is 2.51. The molecule has 81 valence electrons. The molecule has 1 heteroatoms. The Morgan fingerprint density at radius 3 is 2.00 bits per heavy atom. The summed E-state index contributed by atoms with van der Waals surface area (Å²) in [6, 6.07) is 18.7. The van der Waals surface area contributed by atoms with Gasteiger partial charge in [-0.1, -0.05) is 36.4 Å². The number of hydrogen-bond acceptors (Lipinski definition) is 0. The van der Waals surface area contributed by atoms with E-state index in [1.807, 2.05) is 12.1 Å². The van der Waals surface area contributed by atoms with Gasteiger partial charge in [-0.15, -0.1) is 0 Å². The van der Waals surface area contributed by atoms with E-state index in [0.717, 1.165) is 10.0 Å². The zero-order valence-corrected chi connectivity index (χ0v) is 9.85. The van der Waals surface area contributed by atoms with E-state index in [-0.39, 0.29) is 0 Å². The van der Waals surface area contributed by atoms with E-state index in [2.05, 4.69) is 63.5 Å². The van der Waals surface area contributed by atoms with Crippen LogP contribution in [0.15, 0.2) is 54.6 Å². The fourth-order valence-corrected chi connectivity index (χ4v) is 2.00. The molecule has 0 heterocycles. The van der Waals surface area contributed by atoms with Gasteiger partial charge in [0.25, 0.3) is 0 Å². The average molecular weight is 211 g/mol. The molecule has 16 heavy (non-hydrogen) atoms. The number of quaternary nitrogens is 1. The fraction of sp³-hybridized carbons (Fsp3) is 0.133. The van der Waals surface area contributed by atoms with Gasteiger partial charge in [0.1, 0.15) is 11.4 Å². The van der Waals surface area contributed by atoms with E-state index >= 15 is 0 Å². The van der Waals surface area contributed by atoms with Crippen LogP contribution in [0.3, 0.4) is 0 Å². The first-order valence-corrected chi connectivity index (χ1v) is 5.43. The summed E-state index contributed by atoms with van der Waals surface area (Å²) in [7, 11) is 4.36. The van der Waals surface area contributed by atoms with Crippen molar-refractivity contribution >= 4 is 11.4 Å². The van der Waals surface area contributed by atoms with Crippen molar-refractivity contribution in [3.05, 3.63) is 67.1 Å². The van der Waals surface area contributed by atoms with Crippen LogP contribution in [0.5, 0.6) is 0 Å². The van der Waals surface area contributed by atoms with Gasteiger partial charge in [0.05, 0.1) is 14.1 Å². The molecule has 0 amide bonds. The Morgan fingerprint density at radius 2 is 1.38 bits per heavy atom. The Hall–Kier alpha value is -1.60. The summed E-state index contributed by atoms with van der Waals surface area (Å²) in [6.07, 6.45) is 0. The van der Waals surface area contributed by atoms with Crippen molar-refractivity contribution in [3.63, 3.8) is 0 Å². The molecule has 1 radical (unpaired) electrons. The molecule has 2 aromatic carbocycles. The van der Waals surface area contributed by atoms with Gasteiger partial charge in [0, 0.05) is 5.56 Å². The molecule has 0 fully saturated rings. The minimum atomic E-state index is 0.723. The number of rotatable bonds is 2. The van der Waals surface area contributed by atoms with Crippen LogP contribution in [0.25, 0.3) is 0 Å². The topological polar surface area (TPSA) is 0 Å². The van der Waals surface area contributed by atoms with Crippen LogP contribution in [0, 0.1) is 6.92 Å². The zero-order valence-electron chi connectivity index (χ0n) is 9.85. The van der Waals surface area contributed by atoms with E-state index in [1.54, 1.807) is 0 Å². The normalized spacial score (nSPS) is 11.4. The first-order chi connectivity index (χ1) is 7.62. The lowest BCUT2D eigenvalue weighted by atomic mass is 10.1. The summed E-state index contributed by atoms with van der Waals surface area (Å²) < 4.78 is 0.723. The molecule has 0 aliphatic heterocycles. The molecular weight excluding hydrogens is 194 g/mol. The second kappa shape index (κ2) is 4.11. The quantitative estimate of drug-likeness (QED) is 0.663. The molecule has 0 aliphatic carbocycles. The van der Waals surface area contributed by atoms with Crippen LogP contribution in [-0.4, -0.2) is 14.1 Å². The molecule has 1 nitrogen and oxygen atoms in total. The summed E-state index contributed by atoms with van der Waals surface area (Å²) >= 11 is 0. The molecule has 0 aromatic heterocycles. The minimum absolute atomic E-state index is 0.723. The van der Waals surface area contributed by atoms with Gasteiger partial charge in [0.15, 0.2) is 0 Å². The van der Waals surface area contributed by atoms with Crippen LogP contribution in [0.1, 0.15) is 5.56 Å². The van der Waals surface area contributed by atoms with Crippen molar-refractivity contribution in [2.75, 3.05) is 14.1 Å². The average Bonchev–Trinajstić information content (AvgIpc) is 2.30. The number of nitrogens with zero attached hydrogens (tertiary/aromatic N) is 1. The van der Waals surface area contributed by atoms with Crippen molar-refractivity contribution < 1.29 is 0 Å². The van der Waals surface area contributed by atoms with Crippen molar-refractivity contribution in [3.8, 4) is 0 Å². The van der Waals surface area contributed by atoms with Crippen LogP contribution < -0.4 is 4.48 Å². The lowest BCUT2D eigenvalue weighted by Gasteiger charge is -2.30. The van der Waals surface area contributed by atoms with Crippen LogP contribution in [0.2, 0.25) is 0 Å². The van der Waals surface area contributed by atoms with E-state index in [4.69, 9.17) is 0 Å². The molecule has 0 saturated heterocycles. The maximum absolute atomic E-state index is 4.10. The summed E-state index contributed by atoms with van der Waals surface area (Å²) in [6.45, 7) is 4.10. The molecule has 0 atom stereocenters. The molecular formula is C15H17N+. The van der Waals surface area contributed by atoms with Crippen molar-refractivity contribution in [1.82, 2.24) is 4.48 Å². The largest absolute Gasteiger partial charge is 0.263 e. The van der Waals surface area contributed by atoms with Gasteiger partial charge in [0.2, 0.25) is 0 Å². The maximum atomic E-state index is 4.10. The lowest BCUT2D eigenvalue weighted by molar-refractivity contribution is 0.553. The molecule has 0 bridgehead atoms. The van der Waals surface area contributed by atoms with Crippen LogP contribution in [-0.2, 0) is 0 Å². The second-order valence-electron chi connectivity index (χ2n) is 4.42. The Kier molecular flexibility index (Phi) is 2.80. The molecule has 2 aromatic rings. The Labute approximate surface area is 97.6 Å². The van der Waals surface area contributed by atoms with E-state index < -0.39 is 0 Å². The third-order valence-electron chi connectivity index (χ3n) is 3.00. The number of para-hydroxylation sites is 2. The number of hydrogen-bond donors (Lipinski definition) is 0. The van der Waals surface area contributed by atoms with Gasteiger partial charge in [-0.25, -0.2) is 0 Å². The van der Waals surface area contributed by atoms with Gasteiger partial charge in [-0.05, 0) is 25.1 Å². The van der Waals surface area contributed by atoms with Gasteiger partial charge in [-0.2, -0.15) is 0 Å². The first-order valence-electron chi connectivity index (χ1n) is 5.43. The smallest absolute Gasteiger partial charge is 0.140 e. The second-order valence-corrected chi connectivity index (χ2v) is 4.42. The fourth-order valence-electron chi connectivity index (χ4n) is 2.00. The molecule has 0 saturated carbocycles. The maximum Gasteiger partial charge on any atom is 0.140 e. The first kappa shape index (κ1) is 10.9. The number of benzene rings is 2. The third-order valence-corrected chi connectivity index (χ3v) is 3.00. The van der Waals surface area contributed by atoms with Gasteiger partial charge >= 0.3 is 0 Å². The van der Waals surface area contributed by atoms with Crippen molar-refractivity contribution in [2.24, 2.45) is 0 Å². The monoisotopic (exact) mass is 211 g/mol. The zero-order chi connectivity index (χ0) is 11.6. The summed E-state index contributed by atoms with van der Waals surface area (Å²) in [5, 5.41) is 0. The Morgan fingerprint density at radius 1 is 0.812 bits per heavy atom. The molecule has 0 N–H and O–H groups in total. The van der Waals surface area contributed by atoms with E-state index in [9.17, 15) is 0 Å². The van der Waals surface area contributed by atoms with Gasteiger partial charge < -0.3 is 0 Å². The van der Waals surface area contributed by atoms with Crippen molar-refractivity contribution in [1.29, 1.82) is 0 Å². The van der Waals surface area contributed by atoms with Crippen LogP contribution in [0.4, 0.5) is 11.4 Å². The molecule has 0 spiro atoms. The lowest BCUT2D eigenvalue weighted by Crippen LogP contribution is -2.34. The highest BCUT2D eigenvalue weighted by molar-refractivity contribution is 5.61. The van der Waals surface area contributed by atoms with E-state index in [1.165, 1.54) is 11.4 Å². The van der Waals surface area contributed by atoms with Crippen LogP contribution >= 0.6 is 0 Å². The highest BCUT2D eigenvalue weighted by atomic mass is 15.3. The minimum Gasteiger partial charge on any atom is -0.263 e. The highest BCUT2D eigenvalue weighted by Crippen LogP contribution is 2.32. The van der Waals surface area contributed by atoms with Gasteiger partial charge in [-0.3, -0.25) is 4.48 Å². The summed E-state index contributed by atoms with van der Waals surface area (Å²) in [5.41, 5.74) is 3.57. The standard InChI is InChI=1S/C15H17N/c1-13-9-7-8-12-15(13)16(2,3)14-10-5-4-6-11-14/h4-12H,1H2,2-3H3/q+1. The molecule has 2 rings (SSSR count). The predicted octanol–water partition coefficient (Wildman–Crippen LogP) is 3.77. The third kappa shape index (κ3) is 1.86.